The zero-order valence-corrected chi connectivity index (χ0v) is 17.9. The van der Waals surface area contributed by atoms with Crippen LogP contribution >= 0.6 is 23.1 Å². The number of aromatic nitrogens is 2. The van der Waals surface area contributed by atoms with Gasteiger partial charge in [-0.15, -0.1) is 23.1 Å². The normalized spacial score (nSPS) is 21.2. The molecular formula is C21H18N6OS2. The Balaban J connectivity index is 1.76. The third-order valence-corrected chi connectivity index (χ3v) is 7.56. The number of benzene rings is 1. The molecule has 0 saturated carbocycles. The van der Waals surface area contributed by atoms with Crippen LogP contribution in [0.1, 0.15) is 17.5 Å². The van der Waals surface area contributed by atoms with E-state index >= 15 is 0 Å². The molecule has 2 N–H and O–H groups in total. The average Bonchev–Trinajstić information content (AvgIpc) is 3.27. The van der Waals surface area contributed by atoms with E-state index in [2.05, 4.69) is 16.0 Å². The summed E-state index contributed by atoms with van der Waals surface area (Å²) in [7, 11) is 1.63. The van der Waals surface area contributed by atoms with E-state index < -0.39 is 10.8 Å². The monoisotopic (exact) mass is 434 g/mol. The molecule has 0 fully saturated rings. The summed E-state index contributed by atoms with van der Waals surface area (Å²) in [6, 6.07) is 13.6. The van der Waals surface area contributed by atoms with Crippen LogP contribution in [0.3, 0.4) is 0 Å². The minimum absolute atomic E-state index is 0.122. The predicted octanol–water partition coefficient (Wildman–Crippen LogP) is 3.24. The molecular weight excluding hydrogens is 416 g/mol. The van der Waals surface area contributed by atoms with Gasteiger partial charge in [-0.05, 0) is 25.1 Å². The van der Waals surface area contributed by atoms with Crippen LogP contribution in [-0.4, -0.2) is 39.0 Å². The number of nitrogens with zero attached hydrogens (tertiary/aromatic N) is 5. The van der Waals surface area contributed by atoms with Gasteiger partial charge < -0.3 is 5.73 Å². The average molecular weight is 435 g/mol. The quantitative estimate of drug-likeness (QED) is 0.675. The highest BCUT2D eigenvalue weighted by Crippen LogP contribution is 2.45. The van der Waals surface area contributed by atoms with E-state index in [4.69, 9.17) is 16.0 Å². The number of nitrogens with two attached hydrogens (primary N) is 1. The Kier molecular flexibility index (Phi) is 5.28. The van der Waals surface area contributed by atoms with E-state index in [0.29, 0.717) is 10.6 Å². The van der Waals surface area contributed by atoms with Crippen LogP contribution in [0.15, 0.2) is 64.9 Å². The van der Waals surface area contributed by atoms with E-state index in [9.17, 15) is 4.79 Å². The molecule has 150 valence electrons. The lowest BCUT2D eigenvalue weighted by Gasteiger charge is -2.38. The number of carbonyl (C=O) groups is 1. The Morgan fingerprint density at radius 3 is 2.77 bits per heavy atom. The fraction of sp³-hybridized carbons (Fsp3) is 0.190. The summed E-state index contributed by atoms with van der Waals surface area (Å²) < 4.78 is 0. The fourth-order valence-electron chi connectivity index (χ4n) is 3.14. The van der Waals surface area contributed by atoms with Crippen molar-refractivity contribution in [1.82, 2.24) is 14.9 Å². The maximum Gasteiger partial charge on any atom is 0.245 e. The summed E-state index contributed by atoms with van der Waals surface area (Å²) in [6.45, 7) is 1.89. The highest BCUT2D eigenvalue weighted by atomic mass is 32.2. The first-order chi connectivity index (χ1) is 14.4. The Labute approximate surface area is 182 Å². The first-order valence-corrected chi connectivity index (χ1v) is 10.8. The van der Waals surface area contributed by atoms with E-state index in [1.165, 1.54) is 34.2 Å². The fourth-order valence-corrected chi connectivity index (χ4v) is 5.47. The molecule has 3 heterocycles. The molecule has 7 nitrogen and oxygen atoms in total. The molecule has 30 heavy (non-hydrogen) atoms. The third kappa shape index (κ3) is 3.56. The number of pyridine rings is 1. The van der Waals surface area contributed by atoms with Crippen LogP contribution in [0, 0.1) is 11.3 Å². The second-order valence-electron chi connectivity index (χ2n) is 6.93. The van der Waals surface area contributed by atoms with E-state index in [1.807, 2.05) is 37.3 Å². The first kappa shape index (κ1) is 20.1. The number of guanidine groups is 1. The highest BCUT2D eigenvalue weighted by Gasteiger charge is 2.48. The largest absolute Gasteiger partial charge is 0.369 e. The van der Waals surface area contributed by atoms with Crippen molar-refractivity contribution >= 4 is 35.0 Å². The lowest BCUT2D eigenvalue weighted by atomic mass is 9.96. The molecule has 2 aromatic heterocycles. The molecule has 1 aliphatic rings. The number of rotatable bonds is 4. The number of nitriles is 1. The molecule has 0 radical (unpaired) electrons. The molecule has 4 rings (SSSR count). The van der Waals surface area contributed by atoms with Gasteiger partial charge in [0, 0.05) is 36.1 Å². The number of hydrogen-bond donors (Lipinski definition) is 1. The van der Waals surface area contributed by atoms with E-state index in [-0.39, 0.29) is 11.9 Å². The molecule has 2 atom stereocenters. The van der Waals surface area contributed by atoms with Crippen LogP contribution in [0.4, 0.5) is 0 Å². The molecule has 0 saturated heterocycles. The maximum absolute atomic E-state index is 13.2. The molecule has 0 aliphatic carbocycles. The zero-order valence-electron chi connectivity index (χ0n) is 16.3. The van der Waals surface area contributed by atoms with Gasteiger partial charge in [0.25, 0.3) is 0 Å². The van der Waals surface area contributed by atoms with E-state index in [0.717, 1.165) is 15.3 Å². The number of thioether (sulfide) groups is 1. The smallest absolute Gasteiger partial charge is 0.245 e. The standard InChI is InChI=1S/C21H18N6OS2/c1-21(19-25-12-16(30-19)14-8-13(9-22)10-24-11-14)17(18(28)27(2)20(23)26-21)29-15-6-4-3-5-7-15/h3-8,10-12,17H,1-2H3,(H2,23,26)/t17-,21+/m1/s1. The summed E-state index contributed by atoms with van der Waals surface area (Å²) >= 11 is 2.87. The number of carbonyl (C=O) groups excluding carboxylic acids is 1. The molecule has 0 spiro atoms. The Bertz CT molecular complexity index is 1170. The van der Waals surface area contributed by atoms with Crippen molar-refractivity contribution in [2.45, 2.75) is 22.6 Å². The molecule has 3 aromatic rings. The van der Waals surface area contributed by atoms with Crippen molar-refractivity contribution < 1.29 is 4.79 Å². The second-order valence-corrected chi connectivity index (χ2v) is 9.14. The first-order valence-electron chi connectivity index (χ1n) is 9.09. The lowest BCUT2D eigenvalue weighted by molar-refractivity contribution is -0.127. The van der Waals surface area contributed by atoms with Gasteiger partial charge in [-0.25, -0.2) is 9.98 Å². The second kappa shape index (κ2) is 7.89. The molecule has 1 aromatic carbocycles. The van der Waals surface area contributed by atoms with Gasteiger partial charge in [0.15, 0.2) is 5.96 Å². The molecule has 0 bridgehead atoms. The summed E-state index contributed by atoms with van der Waals surface area (Å²) in [5.74, 6) is 0.0426. The van der Waals surface area contributed by atoms with Crippen molar-refractivity contribution in [3.63, 3.8) is 0 Å². The van der Waals surface area contributed by atoms with Crippen molar-refractivity contribution in [1.29, 1.82) is 5.26 Å². The van der Waals surface area contributed by atoms with E-state index in [1.54, 1.807) is 25.5 Å². The van der Waals surface area contributed by atoms with Gasteiger partial charge in [0.2, 0.25) is 5.91 Å². The van der Waals surface area contributed by atoms with Crippen molar-refractivity contribution in [2.75, 3.05) is 7.05 Å². The van der Waals surface area contributed by atoms with Crippen LogP contribution in [0.2, 0.25) is 0 Å². The van der Waals surface area contributed by atoms with Gasteiger partial charge in [-0.3, -0.25) is 14.7 Å². The SMILES string of the molecule is CN1C(=O)[C@@H](Sc2ccccc2)[C@@](C)(c2ncc(-c3cncc(C#N)c3)s2)N=C1N. The third-order valence-electron chi connectivity index (χ3n) is 4.84. The van der Waals surface area contributed by atoms with Crippen molar-refractivity contribution in [3.8, 4) is 16.5 Å². The number of aliphatic imine (C=N–C) groups is 1. The van der Waals surface area contributed by atoms with Gasteiger partial charge in [-0.2, -0.15) is 5.26 Å². The van der Waals surface area contributed by atoms with Crippen LogP contribution in [0.5, 0.6) is 0 Å². The molecule has 0 unspecified atom stereocenters. The summed E-state index contributed by atoms with van der Waals surface area (Å²) in [5, 5.41) is 9.29. The number of hydrogen-bond acceptors (Lipinski definition) is 8. The zero-order chi connectivity index (χ0) is 21.3. The summed E-state index contributed by atoms with van der Waals surface area (Å²) in [4.78, 5) is 29.8. The maximum atomic E-state index is 13.2. The van der Waals surface area contributed by atoms with Crippen molar-refractivity contribution in [3.05, 3.63) is 65.6 Å². The molecule has 1 amide bonds. The topological polar surface area (TPSA) is 108 Å². The van der Waals surface area contributed by atoms with Crippen LogP contribution in [0.25, 0.3) is 10.4 Å². The minimum atomic E-state index is -0.933. The Hall–Kier alpha value is -3.22. The van der Waals surface area contributed by atoms with Gasteiger partial charge in [0.1, 0.15) is 21.9 Å². The predicted molar refractivity (Wildman–Crippen MR) is 118 cm³/mol. The Morgan fingerprint density at radius 2 is 2.03 bits per heavy atom. The van der Waals surface area contributed by atoms with Crippen molar-refractivity contribution in [2.24, 2.45) is 10.7 Å². The molecule has 1 aliphatic heterocycles. The highest BCUT2D eigenvalue weighted by molar-refractivity contribution is 8.00. The van der Waals surface area contributed by atoms with Gasteiger partial charge in [-0.1, -0.05) is 18.2 Å². The summed E-state index contributed by atoms with van der Waals surface area (Å²) in [6.07, 6.45) is 4.93. The minimum Gasteiger partial charge on any atom is -0.369 e. The van der Waals surface area contributed by atoms with Gasteiger partial charge >= 0.3 is 0 Å². The van der Waals surface area contributed by atoms with Crippen LogP contribution in [-0.2, 0) is 10.3 Å². The number of thiazole rings is 1. The van der Waals surface area contributed by atoms with Gasteiger partial charge in [0.05, 0.1) is 10.4 Å². The lowest BCUT2D eigenvalue weighted by Crippen LogP contribution is -2.55. The Morgan fingerprint density at radius 1 is 1.27 bits per heavy atom. The van der Waals surface area contributed by atoms with Crippen LogP contribution < -0.4 is 5.73 Å². The number of amides is 1. The summed E-state index contributed by atoms with van der Waals surface area (Å²) in [5.41, 5.74) is 6.41. The molecule has 9 heteroatoms.